The fourth-order valence-electron chi connectivity index (χ4n) is 1.59. The van der Waals surface area contributed by atoms with Gasteiger partial charge in [0.15, 0.2) is 0 Å². The minimum atomic E-state index is -0.633. The summed E-state index contributed by atoms with van der Waals surface area (Å²) in [7, 11) is 0. The first-order valence-electron chi connectivity index (χ1n) is 5.16. The maximum Gasteiger partial charge on any atom is 0.130 e. The average Bonchev–Trinajstić information content (AvgIpc) is 2.87. The Kier molecular flexibility index (Phi) is 3.63. The van der Waals surface area contributed by atoms with Gasteiger partial charge in [-0.3, -0.25) is 4.68 Å². The summed E-state index contributed by atoms with van der Waals surface area (Å²) in [4.78, 5) is 0.850. The van der Waals surface area contributed by atoms with Gasteiger partial charge in [0.2, 0.25) is 0 Å². The maximum atomic E-state index is 10.2. The summed E-state index contributed by atoms with van der Waals surface area (Å²) < 4.78 is 1.83. The van der Waals surface area contributed by atoms with Crippen LogP contribution in [0.15, 0.2) is 23.7 Å². The van der Waals surface area contributed by atoms with Gasteiger partial charge in [0.25, 0.3) is 0 Å². The normalized spacial score (nSPS) is 12.9. The standard InChI is InChI=1S/C11H13ClN2OS/c1-2-5-14-9(3-4-13-14)11(15)10-6-8(12)7-16-10/h3-4,6-7,11,15H,2,5H2,1H3. The largest absolute Gasteiger partial charge is 0.381 e. The molecule has 0 spiro atoms. The molecule has 1 N–H and O–H groups in total. The second-order valence-electron chi connectivity index (χ2n) is 3.55. The Bertz CT molecular complexity index is 466. The van der Waals surface area contributed by atoms with Crippen molar-refractivity contribution in [2.75, 3.05) is 0 Å². The van der Waals surface area contributed by atoms with Crippen LogP contribution in [0.3, 0.4) is 0 Å². The molecule has 0 fully saturated rings. The topological polar surface area (TPSA) is 38.0 Å². The van der Waals surface area contributed by atoms with Gasteiger partial charge >= 0.3 is 0 Å². The molecule has 0 bridgehead atoms. The number of hydrogen-bond donors (Lipinski definition) is 1. The summed E-state index contributed by atoms with van der Waals surface area (Å²) in [6.07, 6.45) is 2.07. The second-order valence-corrected chi connectivity index (χ2v) is 4.93. The Balaban J connectivity index is 2.26. The molecule has 2 aromatic heterocycles. The zero-order valence-corrected chi connectivity index (χ0v) is 10.5. The summed E-state index contributed by atoms with van der Waals surface area (Å²) in [5.74, 6) is 0. The highest BCUT2D eigenvalue weighted by molar-refractivity contribution is 7.10. The van der Waals surface area contributed by atoms with Crippen molar-refractivity contribution in [1.29, 1.82) is 0 Å². The Labute approximate surface area is 103 Å². The van der Waals surface area contributed by atoms with E-state index < -0.39 is 6.10 Å². The first-order chi connectivity index (χ1) is 7.72. The van der Waals surface area contributed by atoms with E-state index in [4.69, 9.17) is 11.6 Å². The molecule has 2 aromatic rings. The molecule has 1 atom stereocenters. The molecule has 0 aromatic carbocycles. The minimum Gasteiger partial charge on any atom is -0.381 e. The number of aliphatic hydroxyl groups is 1. The summed E-state index contributed by atoms with van der Waals surface area (Å²) in [5, 5.41) is 16.9. The van der Waals surface area contributed by atoms with E-state index in [0.29, 0.717) is 5.02 Å². The fraction of sp³-hybridized carbons (Fsp3) is 0.364. The number of aryl methyl sites for hydroxylation is 1. The van der Waals surface area contributed by atoms with Crippen LogP contribution in [0.25, 0.3) is 0 Å². The van der Waals surface area contributed by atoms with E-state index in [2.05, 4.69) is 12.0 Å². The van der Waals surface area contributed by atoms with Crippen LogP contribution in [0.5, 0.6) is 0 Å². The molecule has 0 saturated carbocycles. The third-order valence-electron chi connectivity index (χ3n) is 2.32. The van der Waals surface area contributed by atoms with Gasteiger partial charge in [-0.15, -0.1) is 11.3 Å². The molecular formula is C11H13ClN2OS. The van der Waals surface area contributed by atoms with E-state index in [1.165, 1.54) is 11.3 Å². The van der Waals surface area contributed by atoms with Gasteiger partial charge in [-0.2, -0.15) is 5.10 Å². The van der Waals surface area contributed by atoms with E-state index in [1.54, 1.807) is 12.3 Å². The van der Waals surface area contributed by atoms with Crippen LogP contribution in [-0.4, -0.2) is 14.9 Å². The van der Waals surface area contributed by atoms with Gasteiger partial charge in [-0.25, -0.2) is 0 Å². The number of hydrogen-bond acceptors (Lipinski definition) is 3. The Morgan fingerprint density at radius 1 is 1.62 bits per heavy atom. The van der Waals surface area contributed by atoms with E-state index in [0.717, 1.165) is 23.5 Å². The van der Waals surface area contributed by atoms with Gasteiger partial charge in [-0.05, 0) is 18.6 Å². The molecule has 0 aliphatic rings. The Hall–Kier alpha value is -0.840. The molecule has 2 rings (SSSR count). The van der Waals surface area contributed by atoms with Crippen molar-refractivity contribution in [2.24, 2.45) is 0 Å². The Morgan fingerprint density at radius 2 is 2.44 bits per heavy atom. The lowest BCUT2D eigenvalue weighted by atomic mass is 10.2. The minimum absolute atomic E-state index is 0.633. The maximum absolute atomic E-state index is 10.2. The Morgan fingerprint density at radius 3 is 3.06 bits per heavy atom. The van der Waals surface area contributed by atoms with Crippen molar-refractivity contribution in [3.63, 3.8) is 0 Å². The molecule has 0 aliphatic heterocycles. The quantitative estimate of drug-likeness (QED) is 0.913. The SMILES string of the molecule is CCCn1nccc1C(O)c1cc(Cl)cs1. The van der Waals surface area contributed by atoms with Gasteiger partial charge in [-0.1, -0.05) is 18.5 Å². The van der Waals surface area contributed by atoms with Crippen molar-refractivity contribution in [3.05, 3.63) is 39.3 Å². The van der Waals surface area contributed by atoms with E-state index in [1.807, 2.05) is 16.1 Å². The molecule has 16 heavy (non-hydrogen) atoms. The molecule has 5 heteroatoms. The lowest BCUT2D eigenvalue weighted by Crippen LogP contribution is -2.09. The first-order valence-corrected chi connectivity index (χ1v) is 6.42. The number of aliphatic hydroxyl groups excluding tert-OH is 1. The highest BCUT2D eigenvalue weighted by Crippen LogP contribution is 2.29. The van der Waals surface area contributed by atoms with Crippen molar-refractivity contribution in [1.82, 2.24) is 9.78 Å². The average molecular weight is 257 g/mol. The van der Waals surface area contributed by atoms with Crippen LogP contribution in [0.1, 0.15) is 30.0 Å². The van der Waals surface area contributed by atoms with E-state index >= 15 is 0 Å². The molecule has 1 unspecified atom stereocenters. The predicted octanol–water partition coefficient (Wildman–Crippen LogP) is 3.09. The van der Waals surface area contributed by atoms with E-state index in [9.17, 15) is 5.11 Å². The molecule has 0 amide bonds. The van der Waals surface area contributed by atoms with Crippen LogP contribution in [0.2, 0.25) is 5.02 Å². The van der Waals surface area contributed by atoms with Gasteiger partial charge < -0.3 is 5.11 Å². The summed E-state index contributed by atoms with van der Waals surface area (Å²) in [6.45, 7) is 2.90. The zero-order chi connectivity index (χ0) is 11.5. The van der Waals surface area contributed by atoms with Crippen LogP contribution in [0, 0.1) is 0 Å². The van der Waals surface area contributed by atoms with Crippen molar-refractivity contribution < 1.29 is 5.11 Å². The van der Waals surface area contributed by atoms with Crippen LogP contribution in [-0.2, 0) is 6.54 Å². The fourth-order valence-corrected chi connectivity index (χ4v) is 2.67. The van der Waals surface area contributed by atoms with Crippen molar-refractivity contribution in [2.45, 2.75) is 26.0 Å². The van der Waals surface area contributed by atoms with Crippen LogP contribution >= 0.6 is 22.9 Å². The molecule has 0 saturated heterocycles. The van der Waals surface area contributed by atoms with Crippen LogP contribution < -0.4 is 0 Å². The van der Waals surface area contributed by atoms with Gasteiger partial charge in [0, 0.05) is 23.0 Å². The van der Waals surface area contributed by atoms with Gasteiger partial charge in [0.1, 0.15) is 6.10 Å². The third-order valence-corrected chi connectivity index (χ3v) is 3.65. The molecule has 2 heterocycles. The van der Waals surface area contributed by atoms with Crippen molar-refractivity contribution in [3.8, 4) is 0 Å². The monoisotopic (exact) mass is 256 g/mol. The zero-order valence-electron chi connectivity index (χ0n) is 8.93. The van der Waals surface area contributed by atoms with Crippen LogP contribution in [0.4, 0.5) is 0 Å². The molecule has 0 aliphatic carbocycles. The number of aromatic nitrogens is 2. The third kappa shape index (κ3) is 2.29. The second kappa shape index (κ2) is 4.99. The number of halogens is 1. The lowest BCUT2D eigenvalue weighted by Gasteiger charge is -2.11. The number of thiophene rings is 1. The summed E-state index contributed by atoms with van der Waals surface area (Å²) in [5.41, 5.74) is 0.820. The molecule has 86 valence electrons. The predicted molar refractivity (Wildman–Crippen MR) is 65.9 cm³/mol. The number of nitrogens with zero attached hydrogens (tertiary/aromatic N) is 2. The van der Waals surface area contributed by atoms with Crippen molar-refractivity contribution >= 4 is 22.9 Å². The van der Waals surface area contributed by atoms with E-state index in [-0.39, 0.29) is 0 Å². The number of rotatable bonds is 4. The highest BCUT2D eigenvalue weighted by Gasteiger charge is 2.16. The lowest BCUT2D eigenvalue weighted by molar-refractivity contribution is 0.211. The molecule has 3 nitrogen and oxygen atoms in total. The first kappa shape index (κ1) is 11.6. The summed E-state index contributed by atoms with van der Waals surface area (Å²) in [6, 6.07) is 3.63. The molecular weight excluding hydrogens is 244 g/mol. The van der Waals surface area contributed by atoms with Gasteiger partial charge in [0.05, 0.1) is 10.7 Å². The summed E-state index contributed by atoms with van der Waals surface area (Å²) >= 11 is 7.30. The molecule has 0 radical (unpaired) electrons. The highest BCUT2D eigenvalue weighted by atomic mass is 35.5. The smallest absolute Gasteiger partial charge is 0.130 e.